The molecule has 7 N–H and O–H groups in total. The van der Waals surface area contributed by atoms with Gasteiger partial charge in [0.15, 0.2) is 6.04 Å². The monoisotopic (exact) mass is 304 g/mol. The molecule has 0 bridgehead atoms. The normalized spacial score (nSPS) is 14.5. The Morgan fingerprint density at radius 3 is 2.10 bits per heavy atom. The number of hydrogen-bond acceptors (Lipinski definition) is 6. The second-order valence-electron chi connectivity index (χ2n) is 4.34. The van der Waals surface area contributed by atoms with E-state index in [1.807, 2.05) is 0 Å². The third-order valence-electron chi connectivity index (χ3n) is 2.44. The summed E-state index contributed by atoms with van der Waals surface area (Å²) in [5.74, 6) is -3.33. The lowest BCUT2D eigenvalue weighted by molar-refractivity contribution is -0.144. The number of nitrogens with two attached hydrogens (primary N) is 1. The van der Waals surface area contributed by atoms with Crippen molar-refractivity contribution in [3.8, 4) is 0 Å². The molecule has 21 heavy (non-hydrogen) atoms. The van der Waals surface area contributed by atoms with Crippen LogP contribution in [0, 0.1) is 0 Å². The summed E-state index contributed by atoms with van der Waals surface area (Å²) in [6.07, 6.45) is -1.29. The molecule has 0 saturated carbocycles. The third-order valence-corrected chi connectivity index (χ3v) is 2.44. The Bertz CT molecular complexity index is 412. The molecule has 0 rings (SSSR count). The quantitative estimate of drug-likeness (QED) is 0.270. The van der Waals surface area contributed by atoms with Crippen molar-refractivity contribution in [1.82, 2.24) is 16.0 Å². The van der Waals surface area contributed by atoms with Crippen LogP contribution in [0.1, 0.15) is 13.8 Å². The first-order chi connectivity index (χ1) is 9.68. The number of aliphatic hydroxyl groups is 1. The molecule has 0 aromatic heterocycles. The van der Waals surface area contributed by atoms with Gasteiger partial charge in [-0.25, -0.2) is 4.79 Å². The number of nitrogens with one attached hydrogen (secondary N) is 3. The van der Waals surface area contributed by atoms with E-state index in [0.717, 1.165) is 0 Å². The minimum absolute atomic E-state index is 0.271. The Morgan fingerprint density at radius 1 is 1.10 bits per heavy atom. The Morgan fingerprint density at radius 2 is 1.67 bits per heavy atom. The number of carbonyl (C=O) groups excluding carboxylic acids is 3. The van der Waals surface area contributed by atoms with Crippen LogP contribution in [0.25, 0.3) is 0 Å². The molecule has 10 heteroatoms. The van der Waals surface area contributed by atoms with Crippen LogP contribution in [0.5, 0.6) is 0 Å². The zero-order valence-electron chi connectivity index (χ0n) is 11.8. The van der Waals surface area contributed by atoms with Gasteiger partial charge in [0.05, 0.1) is 19.2 Å². The maximum atomic E-state index is 11.5. The highest BCUT2D eigenvalue weighted by Gasteiger charge is 2.25. The van der Waals surface area contributed by atoms with Crippen LogP contribution in [-0.2, 0) is 19.2 Å². The van der Waals surface area contributed by atoms with E-state index < -0.39 is 48.4 Å². The second-order valence-corrected chi connectivity index (χ2v) is 4.34. The maximum absolute atomic E-state index is 11.5. The highest BCUT2D eigenvalue weighted by atomic mass is 16.4. The fraction of sp³-hybridized carbons (Fsp3) is 0.636. The van der Waals surface area contributed by atoms with Gasteiger partial charge in [-0.15, -0.1) is 0 Å². The maximum Gasteiger partial charge on any atom is 0.328 e. The Hall–Kier alpha value is -2.20. The Kier molecular flexibility index (Phi) is 7.94. The predicted octanol–water partition coefficient (Wildman–Crippen LogP) is -3.48. The summed E-state index contributed by atoms with van der Waals surface area (Å²) in [7, 11) is 0. The largest absolute Gasteiger partial charge is 0.480 e. The van der Waals surface area contributed by atoms with Gasteiger partial charge in [0.2, 0.25) is 17.7 Å². The van der Waals surface area contributed by atoms with Gasteiger partial charge in [-0.05, 0) is 13.8 Å². The zero-order valence-corrected chi connectivity index (χ0v) is 11.8. The average molecular weight is 304 g/mol. The van der Waals surface area contributed by atoms with Gasteiger partial charge in [0.1, 0.15) is 6.04 Å². The summed E-state index contributed by atoms with van der Waals surface area (Å²) in [4.78, 5) is 44.7. The van der Waals surface area contributed by atoms with E-state index in [0.29, 0.717) is 0 Å². The van der Waals surface area contributed by atoms with E-state index >= 15 is 0 Å². The lowest BCUT2D eigenvalue weighted by Crippen LogP contribution is -2.52. The molecule has 0 fully saturated rings. The molecule has 0 spiro atoms. The molecule has 0 saturated heterocycles. The smallest absolute Gasteiger partial charge is 0.328 e. The topological polar surface area (TPSA) is 171 Å². The van der Waals surface area contributed by atoms with Crippen molar-refractivity contribution in [2.24, 2.45) is 5.73 Å². The van der Waals surface area contributed by atoms with Gasteiger partial charge in [-0.3, -0.25) is 14.4 Å². The van der Waals surface area contributed by atoms with Crippen molar-refractivity contribution in [3.05, 3.63) is 0 Å². The number of aliphatic carboxylic acids is 1. The van der Waals surface area contributed by atoms with Crippen LogP contribution in [0.2, 0.25) is 0 Å². The number of rotatable bonds is 8. The van der Waals surface area contributed by atoms with Crippen molar-refractivity contribution >= 4 is 23.7 Å². The Balaban J connectivity index is 4.26. The number of hydrogen-bond donors (Lipinski definition) is 6. The standard InChI is InChI=1S/C11H20N4O6/c1-5(14-7(17)3-12)10(19)13-4-8(18)15-9(6(2)16)11(20)21/h5-6,9,16H,3-4,12H2,1-2H3,(H,13,19)(H,14,17)(H,15,18)(H,20,21). The molecule has 0 aromatic rings. The van der Waals surface area contributed by atoms with Gasteiger partial charge in [-0.2, -0.15) is 0 Å². The van der Waals surface area contributed by atoms with Gasteiger partial charge in [0, 0.05) is 0 Å². The number of aliphatic hydroxyl groups excluding tert-OH is 1. The fourth-order valence-electron chi connectivity index (χ4n) is 1.30. The minimum Gasteiger partial charge on any atom is -0.480 e. The van der Waals surface area contributed by atoms with Crippen molar-refractivity contribution in [1.29, 1.82) is 0 Å². The van der Waals surface area contributed by atoms with Gasteiger partial charge < -0.3 is 31.9 Å². The summed E-state index contributed by atoms with van der Waals surface area (Å²) in [6, 6.07) is -2.36. The summed E-state index contributed by atoms with van der Waals surface area (Å²) in [6.45, 7) is 1.85. The summed E-state index contributed by atoms with van der Waals surface area (Å²) in [5.41, 5.74) is 5.07. The first-order valence-electron chi connectivity index (χ1n) is 6.16. The molecule has 0 aliphatic carbocycles. The van der Waals surface area contributed by atoms with Crippen LogP contribution >= 0.6 is 0 Å². The van der Waals surface area contributed by atoms with Crippen LogP contribution in [0.3, 0.4) is 0 Å². The predicted molar refractivity (Wildman–Crippen MR) is 70.9 cm³/mol. The molecule has 3 amide bonds. The lowest BCUT2D eigenvalue weighted by atomic mass is 10.2. The number of carboxylic acid groups (broad SMARTS) is 1. The SMILES string of the molecule is CC(NC(=O)CN)C(=O)NCC(=O)NC(C(=O)O)C(C)O. The highest BCUT2D eigenvalue weighted by Crippen LogP contribution is 1.92. The molecule has 120 valence electrons. The van der Waals surface area contributed by atoms with Crippen molar-refractivity contribution in [2.75, 3.05) is 13.1 Å². The molecule has 0 aromatic carbocycles. The minimum atomic E-state index is -1.47. The summed E-state index contributed by atoms with van der Waals surface area (Å²) < 4.78 is 0. The lowest BCUT2D eigenvalue weighted by Gasteiger charge is -2.18. The number of carboxylic acids is 1. The van der Waals surface area contributed by atoms with Gasteiger partial charge in [-0.1, -0.05) is 0 Å². The molecule has 3 atom stereocenters. The molecule has 3 unspecified atom stereocenters. The zero-order chi connectivity index (χ0) is 16.6. The van der Waals surface area contributed by atoms with Gasteiger partial charge in [0.25, 0.3) is 0 Å². The summed E-state index contributed by atoms with van der Waals surface area (Å²) >= 11 is 0. The van der Waals surface area contributed by atoms with E-state index in [1.165, 1.54) is 13.8 Å². The van der Waals surface area contributed by atoms with Gasteiger partial charge >= 0.3 is 5.97 Å². The molecular formula is C11H20N4O6. The first-order valence-corrected chi connectivity index (χ1v) is 6.16. The van der Waals surface area contributed by atoms with Crippen molar-refractivity contribution in [2.45, 2.75) is 32.0 Å². The molecule has 0 aliphatic rings. The molecule has 0 heterocycles. The van der Waals surface area contributed by atoms with Crippen LogP contribution in [0.15, 0.2) is 0 Å². The average Bonchev–Trinajstić information content (AvgIpc) is 2.40. The molecule has 0 radical (unpaired) electrons. The molecule has 10 nitrogen and oxygen atoms in total. The number of amides is 3. The van der Waals surface area contributed by atoms with E-state index in [-0.39, 0.29) is 6.54 Å². The van der Waals surface area contributed by atoms with E-state index in [9.17, 15) is 24.3 Å². The Labute approximate surface area is 121 Å². The van der Waals surface area contributed by atoms with Crippen molar-refractivity contribution in [3.63, 3.8) is 0 Å². The fourth-order valence-corrected chi connectivity index (χ4v) is 1.30. The third kappa shape index (κ3) is 7.22. The molecular weight excluding hydrogens is 284 g/mol. The molecule has 0 aliphatic heterocycles. The van der Waals surface area contributed by atoms with Crippen LogP contribution < -0.4 is 21.7 Å². The highest BCUT2D eigenvalue weighted by molar-refractivity contribution is 5.91. The van der Waals surface area contributed by atoms with Crippen LogP contribution in [0.4, 0.5) is 0 Å². The van der Waals surface area contributed by atoms with Crippen molar-refractivity contribution < 1.29 is 29.4 Å². The number of carbonyl (C=O) groups is 4. The summed E-state index contributed by atoms with van der Waals surface area (Å²) in [5, 5.41) is 24.5. The second kappa shape index (κ2) is 8.87. The van der Waals surface area contributed by atoms with E-state index in [1.54, 1.807) is 0 Å². The first kappa shape index (κ1) is 18.8. The van der Waals surface area contributed by atoms with E-state index in [2.05, 4.69) is 16.0 Å². The van der Waals surface area contributed by atoms with Crippen LogP contribution in [-0.4, -0.2) is 65.2 Å². The van der Waals surface area contributed by atoms with E-state index in [4.69, 9.17) is 10.8 Å².